The minimum Gasteiger partial charge on any atom is -0.385 e. The lowest BCUT2D eigenvalue weighted by molar-refractivity contribution is 0.0110. The Kier molecular flexibility index (Phi) is 8.02. The van der Waals surface area contributed by atoms with Crippen LogP contribution in [0.4, 0.5) is 0 Å². The van der Waals surface area contributed by atoms with Crippen molar-refractivity contribution >= 4 is 0 Å². The lowest BCUT2D eigenvalue weighted by atomic mass is 9.97. The van der Waals surface area contributed by atoms with E-state index in [9.17, 15) is 0 Å². The molecule has 15 heavy (non-hydrogen) atoms. The van der Waals surface area contributed by atoms with Crippen molar-refractivity contribution in [2.75, 3.05) is 27.4 Å². The molecule has 0 bridgehead atoms. The molecule has 0 fully saturated rings. The molecule has 0 aliphatic carbocycles. The Balaban J connectivity index is 3.83. The van der Waals surface area contributed by atoms with Gasteiger partial charge in [0.1, 0.15) is 0 Å². The second kappa shape index (κ2) is 8.08. The number of ether oxygens (including phenoxy) is 2. The van der Waals surface area contributed by atoms with Gasteiger partial charge in [0, 0.05) is 26.9 Å². The Morgan fingerprint density at radius 3 is 2.33 bits per heavy atom. The molecule has 0 aromatic rings. The van der Waals surface area contributed by atoms with E-state index in [0.717, 1.165) is 32.4 Å². The summed E-state index contributed by atoms with van der Waals surface area (Å²) in [5, 5.41) is 3.48. The minimum atomic E-state index is -0.0132. The molecule has 3 heteroatoms. The number of methoxy groups -OCH3 is 2. The summed E-state index contributed by atoms with van der Waals surface area (Å²) >= 11 is 0. The van der Waals surface area contributed by atoms with E-state index in [1.54, 1.807) is 14.2 Å². The zero-order chi connectivity index (χ0) is 11.7. The molecular formula is C12H27NO2. The predicted molar refractivity (Wildman–Crippen MR) is 64.3 cm³/mol. The third kappa shape index (κ3) is 7.77. The van der Waals surface area contributed by atoms with Crippen LogP contribution in [0.3, 0.4) is 0 Å². The average Bonchev–Trinajstić information content (AvgIpc) is 2.22. The van der Waals surface area contributed by atoms with Gasteiger partial charge in [-0.1, -0.05) is 6.92 Å². The van der Waals surface area contributed by atoms with E-state index >= 15 is 0 Å². The molecule has 0 spiro atoms. The molecule has 0 aliphatic heterocycles. The number of hydrogen-bond acceptors (Lipinski definition) is 3. The second-order valence-electron chi connectivity index (χ2n) is 4.54. The summed E-state index contributed by atoms with van der Waals surface area (Å²) in [6, 6.07) is 0.546. The molecule has 0 saturated heterocycles. The number of nitrogens with one attached hydrogen (secondary N) is 1. The van der Waals surface area contributed by atoms with Gasteiger partial charge in [0.15, 0.2) is 0 Å². The minimum absolute atomic E-state index is 0.0132. The lowest BCUT2D eigenvalue weighted by Crippen LogP contribution is -2.33. The van der Waals surface area contributed by atoms with Gasteiger partial charge in [-0.25, -0.2) is 0 Å². The highest BCUT2D eigenvalue weighted by molar-refractivity contribution is 4.74. The molecule has 1 atom stereocenters. The summed E-state index contributed by atoms with van der Waals surface area (Å²) in [6.07, 6.45) is 3.28. The standard InChI is InChI=1S/C12H27NO2/c1-6-13-11(8-10-14-4)7-9-12(2,3)15-5/h11,13H,6-10H2,1-5H3. The lowest BCUT2D eigenvalue weighted by Gasteiger charge is -2.26. The molecule has 0 aromatic carbocycles. The summed E-state index contributed by atoms with van der Waals surface area (Å²) < 4.78 is 10.5. The van der Waals surface area contributed by atoms with Crippen LogP contribution in [0.25, 0.3) is 0 Å². The topological polar surface area (TPSA) is 30.5 Å². The zero-order valence-corrected chi connectivity index (χ0v) is 10.9. The molecule has 0 saturated carbocycles. The van der Waals surface area contributed by atoms with Crippen molar-refractivity contribution in [1.29, 1.82) is 0 Å². The van der Waals surface area contributed by atoms with E-state index in [2.05, 4.69) is 26.1 Å². The molecule has 1 N–H and O–H groups in total. The van der Waals surface area contributed by atoms with Crippen LogP contribution < -0.4 is 5.32 Å². The van der Waals surface area contributed by atoms with Crippen LogP contribution in [-0.2, 0) is 9.47 Å². The summed E-state index contributed by atoms with van der Waals surface area (Å²) in [4.78, 5) is 0. The van der Waals surface area contributed by atoms with Gasteiger partial charge in [0.2, 0.25) is 0 Å². The average molecular weight is 217 g/mol. The van der Waals surface area contributed by atoms with Crippen LogP contribution >= 0.6 is 0 Å². The fourth-order valence-electron chi connectivity index (χ4n) is 1.52. The maximum atomic E-state index is 5.41. The summed E-state index contributed by atoms with van der Waals surface area (Å²) in [5.41, 5.74) is -0.0132. The zero-order valence-electron chi connectivity index (χ0n) is 10.9. The first-order valence-corrected chi connectivity index (χ1v) is 5.83. The summed E-state index contributed by atoms with van der Waals surface area (Å²) in [7, 11) is 3.53. The van der Waals surface area contributed by atoms with Crippen molar-refractivity contribution in [3.63, 3.8) is 0 Å². The van der Waals surface area contributed by atoms with Gasteiger partial charge < -0.3 is 14.8 Å². The van der Waals surface area contributed by atoms with Crippen LogP contribution in [0, 0.1) is 0 Å². The maximum Gasteiger partial charge on any atom is 0.0623 e. The van der Waals surface area contributed by atoms with Gasteiger partial charge in [0.05, 0.1) is 5.60 Å². The first-order chi connectivity index (χ1) is 7.05. The van der Waals surface area contributed by atoms with E-state index in [-0.39, 0.29) is 5.60 Å². The molecule has 3 nitrogen and oxygen atoms in total. The van der Waals surface area contributed by atoms with Crippen LogP contribution in [-0.4, -0.2) is 39.0 Å². The van der Waals surface area contributed by atoms with Crippen molar-refractivity contribution in [1.82, 2.24) is 5.32 Å². The maximum absolute atomic E-state index is 5.41. The molecule has 1 unspecified atom stereocenters. The van der Waals surface area contributed by atoms with Gasteiger partial charge in [-0.3, -0.25) is 0 Å². The molecule has 0 aliphatic rings. The van der Waals surface area contributed by atoms with Crippen molar-refractivity contribution in [2.24, 2.45) is 0 Å². The molecule has 0 radical (unpaired) electrons. The molecule has 0 heterocycles. The van der Waals surface area contributed by atoms with Gasteiger partial charge in [0.25, 0.3) is 0 Å². The molecule has 0 aromatic heterocycles. The van der Waals surface area contributed by atoms with E-state index < -0.39 is 0 Å². The SMILES string of the molecule is CCNC(CCOC)CCC(C)(C)OC. The van der Waals surface area contributed by atoms with E-state index in [0.29, 0.717) is 6.04 Å². The first-order valence-electron chi connectivity index (χ1n) is 5.83. The normalized spacial score (nSPS) is 14.2. The van der Waals surface area contributed by atoms with Gasteiger partial charge in [-0.15, -0.1) is 0 Å². The Hall–Kier alpha value is -0.120. The Bertz CT molecular complexity index is 149. The van der Waals surface area contributed by atoms with Crippen molar-refractivity contribution in [2.45, 2.75) is 51.7 Å². The highest BCUT2D eigenvalue weighted by Gasteiger charge is 2.18. The quantitative estimate of drug-likeness (QED) is 0.642. The van der Waals surface area contributed by atoms with Gasteiger partial charge >= 0.3 is 0 Å². The molecule has 92 valence electrons. The fourth-order valence-corrected chi connectivity index (χ4v) is 1.52. The van der Waals surface area contributed by atoms with Crippen LogP contribution in [0.2, 0.25) is 0 Å². The Labute approximate surface area is 94.5 Å². The molecule has 0 amide bonds. The van der Waals surface area contributed by atoms with Crippen LogP contribution in [0.5, 0.6) is 0 Å². The van der Waals surface area contributed by atoms with Crippen LogP contribution in [0.1, 0.15) is 40.0 Å². The largest absolute Gasteiger partial charge is 0.385 e. The van der Waals surface area contributed by atoms with E-state index in [4.69, 9.17) is 9.47 Å². The molecular weight excluding hydrogens is 190 g/mol. The smallest absolute Gasteiger partial charge is 0.0623 e. The van der Waals surface area contributed by atoms with E-state index in [1.165, 1.54) is 0 Å². The van der Waals surface area contributed by atoms with Crippen molar-refractivity contribution < 1.29 is 9.47 Å². The Morgan fingerprint density at radius 2 is 1.87 bits per heavy atom. The van der Waals surface area contributed by atoms with Crippen molar-refractivity contribution in [3.05, 3.63) is 0 Å². The Morgan fingerprint density at radius 1 is 1.20 bits per heavy atom. The molecule has 0 rings (SSSR count). The monoisotopic (exact) mass is 217 g/mol. The van der Waals surface area contributed by atoms with Crippen molar-refractivity contribution in [3.8, 4) is 0 Å². The van der Waals surface area contributed by atoms with Gasteiger partial charge in [-0.2, -0.15) is 0 Å². The number of hydrogen-bond donors (Lipinski definition) is 1. The third-order valence-electron chi connectivity index (χ3n) is 2.81. The van der Waals surface area contributed by atoms with Crippen LogP contribution in [0.15, 0.2) is 0 Å². The second-order valence-corrected chi connectivity index (χ2v) is 4.54. The predicted octanol–water partition coefficient (Wildman–Crippen LogP) is 2.21. The highest BCUT2D eigenvalue weighted by Crippen LogP contribution is 2.17. The highest BCUT2D eigenvalue weighted by atomic mass is 16.5. The number of rotatable bonds is 9. The van der Waals surface area contributed by atoms with E-state index in [1.807, 2.05) is 0 Å². The van der Waals surface area contributed by atoms with Gasteiger partial charge in [-0.05, 0) is 39.7 Å². The fraction of sp³-hybridized carbons (Fsp3) is 1.00. The third-order valence-corrected chi connectivity index (χ3v) is 2.81. The summed E-state index contributed by atoms with van der Waals surface area (Å²) in [6.45, 7) is 8.24. The first kappa shape index (κ1) is 14.9. The summed E-state index contributed by atoms with van der Waals surface area (Å²) in [5.74, 6) is 0.